The Morgan fingerprint density at radius 1 is 1.16 bits per heavy atom. The Labute approximate surface area is 146 Å². The second-order valence-electron chi connectivity index (χ2n) is 5.37. The van der Waals surface area contributed by atoms with Crippen LogP contribution in [-0.4, -0.2) is 17.3 Å². The lowest BCUT2D eigenvalue weighted by atomic mass is 10.3. The van der Waals surface area contributed by atoms with Crippen molar-refractivity contribution in [2.24, 2.45) is 0 Å². The first-order valence-electron chi connectivity index (χ1n) is 7.49. The first-order chi connectivity index (χ1) is 12.1. The fourth-order valence-electron chi connectivity index (χ4n) is 2.58. The van der Waals surface area contributed by atoms with E-state index >= 15 is 0 Å². The minimum absolute atomic E-state index is 0.00556. The van der Waals surface area contributed by atoms with Crippen molar-refractivity contribution in [3.8, 4) is 17.2 Å². The second kappa shape index (κ2) is 6.18. The summed E-state index contributed by atoms with van der Waals surface area (Å²) >= 11 is 5.87. The van der Waals surface area contributed by atoms with Crippen LogP contribution in [0.5, 0.6) is 17.2 Å². The quantitative estimate of drug-likeness (QED) is 0.525. The highest BCUT2D eigenvalue weighted by Crippen LogP contribution is 2.35. The summed E-state index contributed by atoms with van der Waals surface area (Å²) in [6, 6.07) is 9.75. The lowest BCUT2D eigenvalue weighted by molar-refractivity contribution is -0.134. The number of carbonyl (C=O) groups is 1. The maximum atomic E-state index is 12.0. The van der Waals surface area contributed by atoms with Crippen LogP contribution in [0.2, 0.25) is 5.02 Å². The Morgan fingerprint density at radius 3 is 2.88 bits per heavy atom. The number of aromatic nitrogens is 1. The lowest BCUT2D eigenvalue weighted by Crippen LogP contribution is -2.18. The number of ether oxygens (including phenoxy) is 3. The minimum Gasteiger partial charge on any atom is -0.454 e. The molecule has 0 saturated carbocycles. The zero-order valence-electron chi connectivity index (χ0n) is 12.9. The first-order valence-corrected chi connectivity index (χ1v) is 7.87. The molecule has 1 aliphatic heterocycles. The number of nitrogens with zero attached hydrogens (tertiary/aromatic N) is 1. The summed E-state index contributed by atoms with van der Waals surface area (Å²) in [6.07, 6.45) is 0.00556. The van der Waals surface area contributed by atoms with Gasteiger partial charge in [-0.1, -0.05) is 11.6 Å². The molecule has 0 fully saturated rings. The molecule has 128 valence electrons. The summed E-state index contributed by atoms with van der Waals surface area (Å²) in [5.41, 5.74) is 0.951. The number of benzene rings is 2. The molecular formula is C17H12ClNO6. The molecule has 2 heterocycles. The number of hydrogen-bond acceptors (Lipinski definition) is 6. The van der Waals surface area contributed by atoms with Gasteiger partial charge in [-0.15, -0.1) is 0 Å². The van der Waals surface area contributed by atoms with E-state index in [0.717, 1.165) is 0 Å². The SMILES string of the molecule is O=C(CCn1c(=O)oc2cc(Cl)ccc21)Oc1ccc2c(c1)OCO2. The van der Waals surface area contributed by atoms with Crippen molar-refractivity contribution in [2.45, 2.75) is 13.0 Å². The van der Waals surface area contributed by atoms with Gasteiger partial charge in [0.25, 0.3) is 0 Å². The van der Waals surface area contributed by atoms with Crippen molar-refractivity contribution in [2.75, 3.05) is 6.79 Å². The third-order valence-electron chi connectivity index (χ3n) is 3.75. The molecule has 0 spiro atoms. The lowest BCUT2D eigenvalue weighted by Gasteiger charge is -2.06. The Bertz CT molecular complexity index is 1020. The molecule has 25 heavy (non-hydrogen) atoms. The van der Waals surface area contributed by atoms with E-state index in [0.29, 0.717) is 33.4 Å². The van der Waals surface area contributed by atoms with Gasteiger partial charge < -0.3 is 18.6 Å². The number of fused-ring (bicyclic) bond motifs is 2. The third kappa shape index (κ3) is 3.06. The average Bonchev–Trinajstić information content (AvgIpc) is 3.15. The Balaban J connectivity index is 1.45. The number of rotatable bonds is 4. The number of aryl methyl sites for hydroxylation is 1. The average molecular weight is 362 g/mol. The maximum absolute atomic E-state index is 12.0. The van der Waals surface area contributed by atoms with E-state index in [4.69, 9.17) is 30.2 Å². The van der Waals surface area contributed by atoms with Crippen molar-refractivity contribution >= 4 is 28.7 Å². The Hall–Kier alpha value is -2.93. The predicted octanol–water partition coefficient (Wildman–Crippen LogP) is 2.97. The molecule has 0 bridgehead atoms. The van der Waals surface area contributed by atoms with E-state index in [1.165, 1.54) is 4.57 Å². The van der Waals surface area contributed by atoms with Crippen LogP contribution < -0.4 is 20.0 Å². The molecule has 8 heteroatoms. The van der Waals surface area contributed by atoms with Crippen molar-refractivity contribution in [3.05, 3.63) is 52.0 Å². The van der Waals surface area contributed by atoms with Crippen LogP contribution in [0.25, 0.3) is 11.1 Å². The molecule has 2 aromatic carbocycles. The summed E-state index contributed by atoms with van der Waals surface area (Å²) in [5.74, 6) is 0.460. The fourth-order valence-corrected chi connectivity index (χ4v) is 2.74. The molecule has 0 aliphatic carbocycles. The molecule has 4 rings (SSSR count). The summed E-state index contributed by atoms with van der Waals surface area (Å²) in [7, 11) is 0. The van der Waals surface area contributed by atoms with Crippen LogP contribution in [0.1, 0.15) is 6.42 Å². The van der Waals surface area contributed by atoms with Gasteiger partial charge in [0.1, 0.15) is 5.75 Å². The summed E-state index contributed by atoms with van der Waals surface area (Å²) < 4.78 is 22.2. The highest BCUT2D eigenvalue weighted by Gasteiger charge is 2.16. The molecule has 1 aromatic heterocycles. The summed E-state index contributed by atoms with van der Waals surface area (Å²) in [6.45, 7) is 0.282. The molecule has 0 amide bonds. The maximum Gasteiger partial charge on any atom is 0.419 e. The predicted molar refractivity (Wildman–Crippen MR) is 88.3 cm³/mol. The van der Waals surface area contributed by atoms with Gasteiger partial charge in [0.2, 0.25) is 6.79 Å². The fraction of sp³-hybridized carbons (Fsp3) is 0.176. The monoisotopic (exact) mass is 361 g/mol. The van der Waals surface area contributed by atoms with E-state index < -0.39 is 11.7 Å². The normalized spacial score (nSPS) is 12.5. The highest BCUT2D eigenvalue weighted by molar-refractivity contribution is 6.31. The van der Waals surface area contributed by atoms with Gasteiger partial charge in [-0.25, -0.2) is 4.79 Å². The van der Waals surface area contributed by atoms with E-state index in [1.807, 2.05) is 0 Å². The van der Waals surface area contributed by atoms with Gasteiger partial charge in [0, 0.05) is 23.7 Å². The van der Waals surface area contributed by atoms with Crippen molar-refractivity contribution in [1.82, 2.24) is 4.57 Å². The van der Waals surface area contributed by atoms with Crippen molar-refractivity contribution in [1.29, 1.82) is 0 Å². The van der Waals surface area contributed by atoms with Gasteiger partial charge in [0.05, 0.1) is 11.9 Å². The van der Waals surface area contributed by atoms with Crippen LogP contribution >= 0.6 is 11.6 Å². The molecule has 3 aromatic rings. The number of carbonyl (C=O) groups excluding carboxylic acids is 1. The Kier molecular flexibility index (Phi) is 3.85. The standard InChI is InChI=1S/C17H12ClNO6/c18-10-1-3-12-14(7-10)25-17(21)19(12)6-5-16(20)24-11-2-4-13-15(8-11)23-9-22-13/h1-4,7-8H,5-6,9H2. The van der Waals surface area contributed by atoms with E-state index in [2.05, 4.69) is 0 Å². The van der Waals surface area contributed by atoms with Gasteiger partial charge in [-0.05, 0) is 24.3 Å². The summed E-state index contributed by atoms with van der Waals surface area (Å²) in [5, 5.41) is 0.468. The molecule has 7 nitrogen and oxygen atoms in total. The van der Waals surface area contributed by atoms with Crippen LogP contribution in [-0.2, 0) is 11.3 Å². The number of halogens is 1. The van der Waals surface area contributed by atoms with Crippen LogP contribution in [0.15, 0.2) is 45.6 Å². The zero-order chi connectivity index (χ0) is 17.4. The Morgan fingerprint density at radius 2 is 2.00 bits per heavy atom. The summed E-state index contributed by atoms with van der Waals surface area (Å²) in [4.78, 5) is 24.0. The van der Waals surface area contributed by atoms with Gasteiger partial charge in [-0.3, -0.25) is 9.36 Å². The van der Waals surface area contributed by atoms with E-state index in [1.54, 1.807) is 36.4 Å². The van der Waals surface area contributed by atoms with Crippen molar-refractivity contribution < 1.29 is 23.4 Å². The highest BCUT2D eigenvalue weighted by atomic mass is 35.5. The van der Waals surface area contributed by atoms with Gasteiger partial charge >= 0.3 is 11.7 Å². The topological polar surface area (TPSA) is 79.9 Å². The largest absolute Gasteiger partial charge is 0.454 e. The zero-order valence-corrected chi connectivity index (χ0v) is 13.6. The first kappa shape index (κ1) is 15.6. The third-order valence-corrected chi connectivity index (χ3v) is 3.98. The number of esters is 1. The molecule has 0 unspecified atom stereocenters. The smallest absolute Gasteiger partial charge is 0.419 e. The van der Waals surface area contributed by atoms with Crippen LogP contribution in [0.3, 0.4) is 0 Å². The molecule has 0 N–H and O–H groups in total. The van der Waals surface area contributed by atoms with Crippen LogP contribution in [0, 0.1) is 0 Å². The molecule has 1 aliphatic rings. The molecular weight excluding hydrogens is 350 g/mol. The number of hydrogen-bond donors (Lipinski definition) is 0. The van der Waals surface area contributed by atoms with Crippen LogP contribution in [0.4, 0.5) is 0 Å². The number of oxazole rings is 1. The molecule has 0 atom stereocenters. The van der Waals surface area contributed by atoms with Crippen molar-refractivity contribution in [3.63, 3.8) is 0 Å². The molecule has 0 radical (unpaired) electrons. The van der Waals surface area contributed by atoms with E-state index in [9.17, 15) is 9.59 Å². The van der Waals surface area contributed by atoms with Gasteiger partial charge in [-0.2, -0.15) is 0 Å². The minimum atomic E-state index is -0.548. The van der Waals surface area contributed by atoms with E-state index in [-0.39, 0.29) is 19.8 Å². The molecule has 0 saturated heterocycles. The van der Waals surface area contributed by atoms with Gasteiger partial charge in [0.15, 0.2) is 17.1 Å². The second-order valence-corrected chi connectivity index (χ2v) is 5.81.